The van der Waals surface area contributed by atoms with E-state index in [1.54, 1.807) is 23.9 Å². The Morgan fingerprint density at radius 1 is 1.08 bits per heavy atom. The number of halogens is 1. The molecule has 0 unspecified atom stereocenters. The second kappa shape index (κ2) is 7.98. The van der Waals surface area contributed by atoms with Crippen LogP contribution in [0.4, 0.5) is 0 Å². The minimum Gasteiger partial charge on any atom is -0.338 e. The molecule has 26 heavy (non-hydrogen) atoms. The summed E-state index contributed by atoms with van der Waals surface area (Å²) in [6.45, 7) is 1.64. The van der Waals surface area contributed by atoms with Gasteiger partial charge in [-0.15, -0.1) is 11.8 Å². The van der Waals surface area contributed by atoms with Gasteiger partial charge in [0.15, 0.2) is 0 Å². The predicted octanol–water partition coefficient (Wildman–Crippen LogP) is 4.57. The summed E-state index contributed by atoms with van der Waals surface area (Å²) < 4.78 is 0. The number of rotatable bonds is 4. The van der Waals surface area contributed by atoms with Crippen LogP contribution >= 0.6 is 23.4 Å². The van der Waals surface area contributed by atoms with Gasteiger partial charge in [0.05, 0.1) is 6.54 Å². The third-order valence-corrected chi connectivity index (χ3v) is 5.10. The summed E-state index contributed by atoms with van der Waals surface area (Å²) in [6.07, 6.45) is 2.53. The van der Waals surface area contributed by atoms with Crippen molar-refractivity contribution in [1.82, 2.24) is 5.06 Å². The number of carbonyl (C=O) groups excluding carboxylic acids is 2. The van der Waals surface area contributed by atoms with Crippen molar-refractivity contribution in [1.29, 1.82) is 0 Å². The zero-order chi connectivity index (χ0) is 18.7. The quantitative estimate of drug-likeness (QED) is 0.569. The summed E-state index contributed by atoms with van der Waals surface area (Å²) in [5, 5.41) is 1.76. The average Bonchev–Trinajstić information content (AvgIpc) is 2.97. The van der Waals surface area contributed by atoms with Gasteiger partial charge in [-0.25, -0.2) is 0 Å². The van der Waals surface area contributed by atoms with E-state index in [1.807, 2.05) is 42.7 Å². The Balaban J connectivity index is 2.09. The van der Waals surface area contributed by atoms with E-state index in [0.717, 1.165) is 26.7 Å². The van der Waals surface area contributed by atoms with Gasteiger partial charge < -0.3 is 4.84 Å². The number of nitrogens with zero attached hydrogens (tertiary/aromatic N) is 1. The van der Waals surface area contributed by atoms with Crippen LogP contribution in [0, 0.1) is 0 Å². The lowest BCUT2D eigenvalue weighted by Crippen LogP contribution is -2.27. The molecule has 0 radical (unpaired) electrons. The first kappa shape index (κ1) is 18.5. The second-order valence-corrected chi connectivity index (χ2v) is 7.15. The standard InChI is InChI=1S/C20H18ClNO3S/c1-13(23)25-22-12-11-18(20(22)24)19(14-3-7-16(21)8-4-14)15-5-9-17(26-2)10-6-15/h3-10H,11-12H2,1-2H3/b19-18-. The molecule has 3 rings (SSSR count). The maximum Gasteiger partial charge on any atom is 0.329 e. The number of carbonyl (C=O) groups is 2. The van der Waals surface area contributed by atoms with Crippen molar-refractivity contribution >= 4 is 40.8 Å². The molecule has 4 nitrogen and oxygen atoms in total. The topological polar surface area (TPSA) is 46.6 Å². The third kappa shape index (κ3) is 3.94. The molecule has 0 N–H and O–H groups in total. The smallest absolute Gasteiger partial charge is 0.329 e. The van der Waals surface area contributed by atoms with Crippen molar-refractivity contribution in [2.24, 2.45) is 0 Å². The van der Waals surface area contributed by atoms with E-state index < -0.39 is 5.97 Å². The monoisotopic (exact) mass is 387 g/mol. The third-order valence-electron chi connectivity index (χ3n) is 4.10. The van der Waals surface area contributed by atoms with Crippen LogP contribution in [0.3, 0.4) is 0 Å². The maximum absolute atomic E-state index is 12.8. The Morgan fingerprint density at radius 3 is 2.19 bits per heavy atom. The first-order valence-electron chi connectivity index (χ1n) is 8.13. The molecule has 0 spiro atoms. The fraction of sp³-hybridized carbons (Fsp3) is 0.200. The largest absolute Gasteiger partial charge is 0.338 e. The molecule has 0 saturated carbocycles. The lowest BCUT2D eigenvalue weighted by molar-refractivity contribution is -0.189. The van der Waals surface area contributed by atoms with E-state index in [1.165, 1.54) is 6.92 Å². The summed E-state index contributed by atoms with van der Waals surface area (Å²) in [5.74, 6) is -0.781. The molecule has 6 heteroatoms. The summed E-state index contributed by atoms with van der Waals surface area (Å²) in [4.78, 5) is 30.2. The number of hydroxylamine groups is 2. The van der Waals surface area contributed by atoms with Crippen LogP contribution in [0.2, 0.25) is 5.02 Å². The van der Waals surface area contributed by atoms with Crippen LogP contribution in [0.15, 0.2) is 59.0 Å². The Kier molecular flexibility index (Phi) is 5.69. The van der Waals surface area contributed by atoms with Gasteiger partial charge >= 0.3 is 5.97 Å². The minimum atomic E-state index is -0.503. The first-order valence-corrected chi connectivity index (χ1v) is 9.74. The fourth-order valence-corrected chi connectivity index (χ4v) is 3.47. The highest BCUT2D eigenvalue weighted by Crippen LogP contribution is 2.34. The molecule has 2 aromatic rings. The number of thioether (sulfide) groups is 1. The fourth-order valence-electron chi connectivity index (χ4n) is 2.94. The Morgan fingerprint density at radius 2 is 1.65 bits per heavy atom. The van der Waals surface area contributed by atoms with Crippen molar-refractivity contribution in [3.05, 3.63) is 70.3 Å². The molecule has 1 fully saturated rings. The molecule has 134 valence electrons. The van der Waals surface area contributed by atoms with E-state index in [0.29, 0.717) is 23.6 Å². The molecule has 0 aromatic heterocycles. The lowest BCUT2D eigenvalue weighted by atomic mass is 9.92. The molecule has 0 atom stereocenters. The summed E-state index contributed by atoms with van der Waals surface area (Å²) in [7, 11) is 0. The normalized spacial score (nSPS) is 16.0. The van der Waals surface area contributed by atoms with Gasteiger partial charge in [-0.1, -0.05) is 35.9 Å². The molecule has 0 aliphatic carbocycles. The second-order valence-electron chi connectivity index (χ2n) is 5.83. The SMILES string of the molecule is CSc1ccc(/C(=C2/CCN(OC(C)=O)C2=O)c2ccc(Cl)cc2)cc1. The van der Waals surface area contributed by atoms with Gasteiger partial charge in [-0.3, -0.25) is 9.59 Å². The van der Waals surface area contributed by atoms with Crippen molar-refractivity contribution in [3.8, 4) is 0 Å². The van der Waals surface area contributed by atoms with Crippen LogP contribution < -0.4 is 0 Å². The van der Waals surface area contributed by atoms with Crippen molar-refractivity contribution in [3.63, 3.8) is 0 Å². The van der Waals surface area contributed by atoms with Crippen molar-refractivity contribution < 1.29 is 14.4 Å². The van der Waals surface area contributed by atoms with Gasteiger partial charge in [0.2, 0.25) is 0 Å². The molecule has 1 aliphatic rings. The Bertz CT molecular complexity index is 860. The van der Waals surface area contributed by atoms with Crippen molar-refractivity contribution in [2.75, 3.05) is 12.8 Å². The highest BCUT2D eigenvalue weighted by Gasteiger charge is 2.32. The maximum atomic E-state index is 12.8. The van der Waals surface area contributed by atoms with Gasteiger partial charge in [0, 0.05) is 22.4 Å². The van der Waals surface area contributed by atoms with Crippen LogP contribution in [0.1, 0.15) is 24.5 Å². The zero-order valence-electron chi connectivity index (χ0n) is 14.5. The predicted molar refractivity (Wildman–Crippen MR) is 104 cm³/mol. The van der Waals surface area contributed by atoms with E-state index in [9.17, 15) is 9.59 Å². The number of hydrogen-bond donors (Lipinski definition) is 0. The number of amides is 1. The summed E-state index contributed by atoms with van der Waals surface area (Å²) in [5.41, 5.74) is 3.32. The summed E-state index contributed by atoms with van der Waals surface area (Å²) in [6, 6.07) is 15.5. The first-order chi connectivity index (χ1) is 12.5. The van der Waals surface area contributed by atoms with Crippen LogP contribution in [0.25, 0.3) is 5.57 Å². The highest BCUT2D eigenvalue weighted by molar-refractivity contribution is 7.98. The highest BCUT2D eigenvalue weighted by atomic mass is 35.5. The zero-order valence-corrected chi connectivity index (χ0v) is 16.1. The summed E-state index contributed by atoms with van der Waals surface area (Å²) >= 11 is 7.68. The minimum absolute atomic E-state index is 0.279. The van der Waals surface area contributed by atoms with Crippen LogP contribution in [-0.2, 0) is 14.4 Å². The van der Waals surface area contributed by atoms with Gasteiger partial charge in [-0.2, -0.15) is 5.06 Å². The van der Waals surface area contributed by atoms with E-state index >= 15 is 0 Å². The number of benzene rings is 2. The lowest BCUT2D eigenvalue weighted by Gasteiger charge is -2.15. The van der Waals surface area contributed by atoms with Crippen LogP contribution in [0.5, 0.6) is 0 Å². The van der Waals surface area contributed by atoms with Crippen LogP contribution in [-0.4, -0.2) is 29.7 Å². The molecule has 1 aliphatic heterocycles. The average molecular weight is 388 g/mol. The Labute approximate surface area is 161 Å². The van der Waals surface area contributed by atoms with E-state index in [4.69, 9.17) is 16.4 Å². The Hall–Kier alpha value is -2.24. The van der Waals surface area contributed by atoms with Crippen molar-refractivity contribution in [2.45, 2.75) is 18.2 Å². The molecule has 1 amide bonds. The molecule has 1 saturated heterocycles. The number of hydrogen-bond acceptors (Lipinski definition) is 4. The molecule has 0 bridgehead atoms. The van der Waals surface area contributed by atoms with Gasteiger partial charge in [0.25, 0.3) is 5.91 Å². The molecular formula is C20H18ClNO3S. The molecular weight excluding hydrogens is 370 g/mol. The van der Waals surface area contributed by atoms with Gasteiger partial charge in [-0.05, 0) is 53.6 Å². The van der Waals surface area contributed by atoms with E-state index in [-0.39, 0.29) is 5.91 Å². The van der Waals surface area contributed by atoms with Gasteiger partial charge in [0.1, 0.15) is 0 Å². The van der Waals surface area contributed by atoms with E-state index in [2.05, 4.69) is 0 Å². The molecule has 2 aromatic carbocycles. The molecule has 1 heterocycles.